The number of rotatable bonds is 6. The molecular formula is C21H24FNO5S. The van der Waals surface area contributed by atoms with Crippen LogP contribution in [0.5, 0.6) is 17.2 Å². The van der Waals surface area contributed by atoms with Crippen molar-refractivity contribution >= 4 is 15.6 Å². The molecule has 0 aliphatic carbocycles. The first kappa shape index (κ1) is 21.1. The van der Waals surface area contributed by atoms with Gasteiger partial charge in [0.1, 0.15) is 23.1 Å². The fourth-order valence-electron chi connectivity index (χ4n) is 3.41. The summed E-state index contributed by atoms with van der Waals surface area (Å²) in [7, 11) is 0.884. The third-order valence-corrected chi connectivity index (χ3v) is 6.98. The summed E-state index contributed by atoms with van der Waals surface area (Å²) < 4.78 is 57.2. The molecule has 0 fully saturated rings. The zero-order valence-electron chi connectivity index (χ0n) is 16.9. The normalized spacial score (nSPS) is 15.0. The molecule has 0 amide bonds. The first-order chi connectivity index (χ1) is 13.8. The minimum Gasteiger partial charge on any atom is -0.496 e. The van der Waals surface area contributed by atoms with Gasteiger partial charge in [0.15, 0.2) is 0 Å². The highest BCUT2D eigenvalue weighted by atomic mass is 32.2. The summed E-state index contributed by atoms with van der Waals surface area (Å²) in [6, 6.07) is 7.32. The molecule has 1 aliphatic heterocycles. The van der Waals surface area contributed by atoms with E-state index in [0.29, 0.717) is 29.2 Å². The van der Waals surface area contributed by atoms with Crippen molar-refractivity contribution in [1.82, 2.24) is 4.31 Å². The molecule has 8 heteroatoms. The zero-order valence-corrected chi connectivity index (χ0v) is 17.7. The van der Waals surface area contributed by atoms with Crippen molar-refractivity contribution in [1.29, 1.82) is 0 Å². The molecule has 0 atom stereocenters. The lowest BCUT2D eigenvalue weighted by Crippen LogP contribution is -2.35. The van der Waals surface area contributed by atoms with Gasteiger partial charge in [-0.25, -0.2) is 12.8 Å². The van der Waals surface area contributed by atoms with E-state index in [2.05, 4.69) is 0 Å². The van der Waals surface area contributed by atoms with Crippen molar-refractivity contribution < 1.29 is 27.0 Å². The van der Waals surface area contributed by atoms with Crippen molar-refractivity contribution in [2.45, 2.75) is 18.2 Å². The molecule has 1 aliphatic rings. The Labute approximate surface area is 170 Å². The Balaban J connectivity index is 1.95. The van der Waals surface area contributed by atoms with Crippen LogP contribution in [0.2, 0.25) is 0 Å². The van der Waals surface area contributed by atoms with Crippen molar-refractivity contribution in [3.05, 3.63) is 53.4 Å². The number of hydrogen-bond acceptors (Lipinski definition) is 5. The molecule has 3 rings (SSSR count). The van der Waals surface area contributed by atoms with Gasteiger partial charge in [-0.2, -0.15) is 4.31 Å². The second-order valence-corrected chi connectivity index (χ2v) is 8.57. The maximum atomic E-state index is 13.6. The van der Waals surface area contributed by atoms with Gasteiger partial charge >= 0.3 is 0 Å². The molecule has 0 N–H and O–H groups in total. The van der Waals surface area contributed by atoms with E-state index in [1.807, 2.05) is 6.08 Å². The van der Waals surface area contributed by atoms with Crippen molar-refractivity contribution in [3.63, 3.8) is 0 Å². The summed E-state index contributed by atoms with van der Waals surface area (Å²) in [6.07, 6.45) is 2.30. The molecule has 156 valence electrons. The molecule has 0 saturated heterocycles. The summed E-state index contributed by atoms with van der Waals surface area (Å²) in [5, 5.41) is 0. The number of hydrogen-bond donors (Lipinski definition) is 0. The van der Waals surface area contributed by atoms with Gasteiger partial charge in [0.2, 0.25) is 10.0 Å². The first-order valence-corrected chi connectivity index (χ1v) is 10.5. The Morgan fingerprint density at radius 3 is 2.17 bits per heavy atom. The maximum Gasteiger partial charge on any atom is 0.243 e. The quantitative estimate of drug-likeness (QED) is 0.713. The van der Waals surface area contributed by atoms with Gasteiger partial charge in [-0.3, -0.25) is 0 Å². The van der Waals surface area contributed by atoms with Crippen LogP contribution in [0.1, 0.15) is 17.5 Å². The van der Waals surface area contributed by atoms with Gasteiger partial charge < -0.3 is 14.2 Å². The molecule has 0 bridgehead atoms. The second kappa shape index (κ2) is 8.42. The number of benzene rings is 2. The van der Waals surface area contributed by atoms with Crippen molar-refractivity contribution in [2.24, 2.45) is 0 Å². The van der Waals surface area contributed by atoms with E-state index < -0.39 is 15.8 Å². The van der Waals surface area contributed by atoms with Crippen LogP contribution in [0, 0.1) is 12.7 Å². The fourth-order valence-corrected chi connectivity index (χ4v) is 5.03. The minimum absolute atomic E-state index is 0.00559. The van der Waals surface area contributed by atoms with Crippen LogP contribution in [0.3, 0.4) is 0 Å². The summed E-state index contributed by atoms with van der Waals surface area (Å²) in [5.41, 5.74) is 2.21. The molecule has 29 heavy (non-hydrogen) atoms. The number of nitrogens with zero attached hydrogens (tertiary/aromatic N) is 1. The van der Waals surface area contributed by atoms with Crippen LogP contribution in [-0.4, -0.2) is 47.1 Å². The molecule has 1 heterocycles. The van der Waals surface area contributed by atoms with E-state index in [1.54, 1.807) is 40.4 Å². The van der Waals surface area contributed by atoms with E-state index >= 15 is 0 Å². The van der Waals surface area contributed by atoms with Crippen LogP contribution in [0.25, 0.3) is 5.57 Å². The molecule has 0 spiro atoms. The van der Waals surface area contributed by atoms with Crippen molar-refractivity contribution in [2.75, 3.05) is 34.4 Å². The minimum atomic E-state index is -3.80. The number of aryl methyl sites for hydroxylation is 1. The monoisotopic (exact) mass is 421 g/mol. The largest absolute Gasteiger partial charge is 0.496 e. The zero-order chi connectivity index (χ0) is 21.2. The molecule has 0 unspecified atom stereocenters. The molecule has 2 aromatic carbocycles. The number of ether oxygens (including phenoxy) is 3. The summed E-state index contributed by atoms with van der Waals surface area (Å²) >= 11 is 0. The van der Waals surface area contributed by atoms with E-state index in [-0.39, 0.29) is 18.0 Å². The van der Waals surface area contributed by atoms with E-state index in [1.165, 1.54) is 16.4 Å². The van der Waals surface area contributed by atoms with E-state index in [4.69, 9.17) is 14.2 Å². The first-order valence-electron chi connectivity index (χ1n) is 9.07. The molecule has 2 aromatic rings. The molecule has 0 aromatic heterocycles. The standard InChI is InChI=1S/C21H24FNO5S/c1-14-5-6-16(22)11-20(14)29(24,25)23-9-7-15(8-10-23)21-18(27-3)12-17(26-2)13-19(21)28-4/h5-7,11-13H,8-10H2,1-4H3. The number of sulfonamides is 1. The van der Waals surface area contributed by atoms with Gasteiger partial charge in [-0.15, -0.1) is 0 Å². The lowest BCUT2D eigenvalue weighted by molar-refractivity contribution is 0.372. The van der Waals surface area contributed by atoms with Crippen LogP contribution in [0.4, 0.5) is 4.39 Å². The highest BCUT2D eigenvalue weighted by Crippen LogP contribution is 2.41. The van der Waals surface area contributed by atoms with Gasteiger partial charge in [0.05, 0.1) is 31.8 Å². The lowest BCUT2D eigenvalue weighted by Gasteiger charge is -2.27. The third-order valence-electron chi connectivity index (χ3n) is 4.98. The number of halogens is 1. The Kier molecular flexibility index (Phi) is 6.14. The van der Waals surface area contributed by atoms with Crippen LogP contribution >= 0.6 is 0 Å². The molecular weight excluding hydrogens is 397 g/mol. The van der Waals surface area contributed by atoms with Crippen LogP contribution in [-0.2, 0) is 10.0 Å². The van der Waals surface area contributed by atoms with Gasteiger partial charge in [-0.05, 0) is 36.6 Å². The van der Waals surface area contributed by atoms with Gasteiger partial charge in [0, 0.05) is 25.2 Å². The lowest BCUT2D eigenvalue weighted by atomic mass is 9.98. The summed E-state index contributed by atoms with van der Waals surface area (Å²) in [6.45, 7) is 2.10. The van der Waals surface area contributed by atoms with Crippen LogP contribution < -0.4 is 14.2 Å². The Morgan fingerprint density at radius 1 is 1.00 bits per heavy atom. The van der Waals surface area contributed by atoms with Gasteiger partial charge in [0.25, 0.3) is 0 Å². The maximum absolute atomic E-state index is 13.6. The predicted molar refractivity (Wildman–Crippen MR) is 109 cm³/mol. The van der Waals surface area contributed by atoms with Crippen molar-refractivity contribution in [3.8, 4) is 17.2 Å². The Morgan fingerprint density at radius 2 is 1.66 bits per heavy atom. The fraction of sp³-hybridized carbons (Fsp3) is 0.333. The molecule has 0 saturated carbocycles. The summed E-state index contributed by atoms with van der Waals surface area (Å²) in [5.74, 6) is 1.20. The highest BCUT2D eigenvalue weighted by molar-refractivity contribution is 7.89. The Hall–Kier alpha value is -2.58. The third kappa shape index (κ3) is 4.09. The SMILES string of the molecule is COc1cc(OC)c(C2=CCN(S(=O)(=O)c3cc(F)ccc3C)CC2)c(OC)c1. The average Bonchev–Trinajstić information content (AvgIpc) is 2.74. The molecule has 0 radical (unpaired) electrons. The average molecular weight is 421 g/mol. The smallest absolute Gasteiger partial charge is 0.243 e. The van der Waals surface area contributed by atoms with E-state index in [0.717, 1.165) is 17.2 Å². The highest BCUT2D eigenvalue weighted by Gasteiger charge is 2.29. The summed E-state index contributed by atoms with van der Waals surface area (Å²) in [4.78, 5) is -0.00559. The number of methoxy groups -OCH3 is 3. The van der Waals surface area contributed by atoms with Crippen LogP contribution in [0.15, 0.2) is 41.3 Å². The molecule has 6 nitrogen and oxygen atoms in total. The topological polar surface area (TPSA) is 65.1 Å². The van der Waals surface area contributed by atoms with Gasteiger partial charge in [-0.1, -0.05) is 12.1 Å². The Bertz CT molecular complexity index is 1020. The predicted octanol–water partition coefficient (Wildman–Crippen LogP) is 3.64. The van der Waals surface area contributed by atoms with E-state index in [9.17, 15) is 12.8 Å². The second-order valence-electron chi connectivity index (χ2n) is 6.66.